The molecule has 1 aromatic rings. The Morgan fingerprint density at radius 1 is 1.56 bits per heavy atom. The number of thiophene rings is 1. The van der Waals surface area contributed by atoms with Gasteiger partial charge in [-0.3, -0.25) is 4.90 Å². The van der Waals surface area contributed by atoms with E-state index in [0.717, 1.165) is 18.0 Å². The monoisotopic (exact) mass is 239 g/mol. The molecule has 3 nitrogen and oxygen atoms in total. The van der Waals surface area contributed by atoms with Crippen molar-refractivity contribution in [3.63, 3.8) is 0 Å². The Hall–Kier alpha value is -0.420. The highest BCUT2D eigenvalue weighted by Gasteiger charge is 2.35. The van der Waals surface area contributed by atoms with Crippen LogP contribution in [0.2, 0.25) is 0 Å². The van der Waals surface area contributed by atoms with Crippen LogP contribution < -0.4 is 0 Å². The number of aliphatic hydroxyl groups excluding tert-OH is 1. The van der Waals surface area contributed by atoms with Gasteiger partial charge in [-0.05, 0) is 30.8 Å². The van der Waals surface area contributed by atoms with Crippen molar-refractivity contribution in [1.29, 1.82) is 0 Å². The summed E-state index contributed by atoms with van der Waals surface area (Å²) in [5.74, 6) is 0. The summed E-state index contributed by atoms with van der Waals surface area (Å²) in [6, 6.07) is 4.56. The van der Waals surface area contributed by atoms with Gasteiger partial charge < -0.3 is 9.84 Å². The number of rotatable bonds is 2. The van der Waals surface area contributed by atoms with Gasteiger partial charge in [-0.25, -0.2) is 0 Å². The van der Waals surface area contributed by atoms with E-state index in [-0.39, 0.29) is 6.10 Å². The number of hydrogen-bond donors (Lipinski definition) is 1. The summed E-state index contributed by atoms with van der Waals surface area (Å²) in [6.45, 7) is 2.83. The average molecular weight is 239 g/mol. The number of morpholine rings is 1. The second-order valence-electron chi connectivity index (χ2n) is 4.62. The van der Waals surface area contributed by atoms with Crippen LogP contribution in [0, 0.1) is 0 Å². The molecule has 3 unspecified atom stereocenters. The highest BCUT2D eigenvalue weighted by molar-refractivity contribution is 7.10. The van der Waals surface area contributed by atoms with Crippen LogP contribution in [-0.2, 0) is 4.74 Å². The van der Waals surface area contributed by atoms with E-state index in [0.29, 0.717) is 6.04 Å². The number of aliphatic hydroxyl groups is 1. The maximum absolute atomic E-state index is 10.2. The van der Waals surface area contributed by atoms with Gasteiger partial charge in [0, 0.05) is 17.5 Å². The first kappa shape index (κ1) is 10.7. The average Bonchev–Trinajstić information content (AvgIpc) is 2.98. The van der Waals surface area contributed by atoms with Gasteiger partial charge in [-0.2, -0.15) is 0 Å². The van der Waals surface area contributed by atoms with Crippen molar-refractivity contribution in [2.24, 2.45) is 0 Å². The van der Waals surface area contributed by atoms with Crippen LogP contribution in [0.25, 0.3) is 0 Å². The summed E-state index contributed by atoms with van der Waals surface area (Å²) in [4.78, 5) is 3.48. The predicted octanol–water partition coefficient (Wildman–Crippen LogP) is 1.64. The third-order valence-corrected chi connectivity index (χ3v) is 4.55. The summed E-state index contributed by atoms with van der Waals surface area (Å²) < 4.78 is 5.79. The number of hydrogen-bond acceptors (Lipinski definition) is 4. The molecule has 0 saturated carbocycles. The van der Waals surface area contributed by atoms with Crippen LogP contribution in [0.5, 0.6) is 0 Å². The first-order valence-corrected chi connectivity index (χ1v) is 6.79. The third kappa shape index (κ3) is 1.91. The van der Waals surface area contributed by atoms with E-state index in [1.54, 1.807) is 11.3 Å². The smallest absolute Gasteiger partial charge is 0.115 e. The lowest BCUT2D eigenvalue weighted by atomic mass is 10.1. The first-order chi connectivity index (χ1) is 7.84. The van der Waals surface area contributed by atoms with Crippen LogP contribution in [0.1, 0.15) is 23.8 Å². The largest absolute Gasteiger partial charge is 0.385 e. The molecule has 4 heteroatoms. The zero-order valence-corrected chi connectivity index (χ0v) is 10.0. The molecule has 2 aliphatic rings. The van der Waals surface area contributed by atoms with Gasteiger partial charge in [0.15, 0.2) is 0 Å². The van der Waals surface area contributed by atoms with E-state index < -0.39 is 6.10 Å². The molecule has 2 fully saturated rings. The molecule has 3 atom stereocenters. The lowest BCUT2D eigenvalue weighted by Gasteiger charge is -2.37. The lowest BCUT2D eigenvalue weighted by Crippen LogP contribution is -2.48. The minimum absolute atomic E-state index is 0.0481. The fourth-order valence-corrected chi connectivity index (χ4v) is 3.44. The van der Waals surface area contributed by atoms with Crippen LogP contribution >= 0.6 is 11.3 Å². The molecule has 3 rings (SSSR count). The molecular weight excluding hydrogens is 222 g/mol. The summed E-state index contributed by atoms with van der Waals surface area (Å²) in [5, 5.41) is 12.2. The molecule has 0 aliphatic carbocycles. The highest BCUT2D eigenvalue weighted by atomic mass is 32.1. The molecule has 2 saturated heterocycles. The highest BCUT2D eigenvalue weighted by Crippen LogP contribution is 2.30. The first-order valence-electron chi connectivity index (χ1n) is 5.92. The van der Waals surface area contributed by atoms with E-state index in [1.165, 1.54) is 19.4 Å². The molecule has 0 amide bonds. The topological polar surface area (TPSA) is 32.7 Å². The van der Waals surface area contributed by atoms with Crippen LogP contribution in [0.15, 0.2) is 17.5 Å². The molecule has 2 aliphatic heterocycles. The molecule has 1 aromatic heterocycles. The maximum Gasteiger partial charge on any atom is 0.115 e. The Bertz CT molecular complexity index is 341. The molecule has 16 heavy (non-hydrogen) atoms. The minimum Gasteiger partial charge on any atom is -0.385 e. The zero-order chi connectivity index (χ0) is 11.0. The minimum atomic E-state index is -0.457. The second-order valence-corrected chi connectivity index (χ2v) is 5.60. The van der Waals surface area contributed by atoms with Gasteiger partial charge in [0.1, 0.15) is 12.2 Å². The Balaban J connectivity index is 1.67. The Labute approximate surface area is 99.6 Å². The van der Waals surface area contributed by atoms with Crippen molar-refractivity contribution in [1.82, 2.24) is 4.90 Å². The van der Waals surface area contributed by atoms with Crippen molar-refractivity contribution < 1.29 is 9.84 Å². The lowest BCUT2D eigenvalue weighted by molar-refractivity contribution is -0.102. The second kappa shape index (κ2) is 4.45. The van der Waals surface area contributed by atoms with E-state index in [1.807, 2.05) is 17.5 Å². The van der Waals surface area contributed by atoms with Crippen molar-refractivity contribution in [2.75, 3.05) is 19.7 Å². The van der Waals surface area contributed by atoms with Gasteiger partial charge in [0.2, 0.25) is 0 Å². The van der Waals surface area contributed by atoms with Crippen molar-refractivity contribution in [3.8, 4) is 0 Å². The van der Waals surface area contributed by atoms with Crippen molar-refractivity contribution in [3.05, 3.63) is 22.4 Å². The Morgan fingerprint density at radius 2 is 2.50 bits per heavy atom. The van der Waals surface area contributed by atoms with Gasteiger partial charge in [0.05, 0.1) is 6.61 Å². The summed E-state index contributed by atoms with van der Waals surface area (Å²) >= 11 is 1.60. The standard InChI is InChI=1S/C12H17NO2S/c14-12(11-4-2-6-16-11)10-7-13-5-1-3-9(13)8-15-10/h2,4,6,9-10,12,14H,1,3,5,7-8H2. The Morgan fingerprint density at radius 3 is 3.31 bits per heavy atom. The normalized spacial score (nSPS) is 32.6. The molecule has 0 spiro atoms. The maximum atomic E-state index is 10.2. The van der Waals surface area contributed by atoms with Crippen LogP contribution in [-0.4, -0.2) is 41.8 Å². The number of nitrogens with zero attached hydrogens (tertiary/aromatic N) is 1. The van der Waals surface area contributed by atoms with Gasteiger partial charge in [-0.15, -0.1) is 11.3 Å². The van der Waals surface area contributed by atoms with Gasteiger partial charge >= 0.3 is 0 Å². The van der Waals surface area contributed by atoms with E-state index >= 15 is 0 Å². The molecule has 88 valence electrons. The molecule has 0 aromatic carbocycles. The predicted molar refractivity (Wildman–Crippen MR) is 63.6 cm³/mol. The molecular formula is C12H17NO2S. The summed E-state index contributed by atoms with van der Waals surface area (Å²) in [5.41, 5.74) is 0. The van der Waals surface area contributed by atoms with Crippen LogP contribution in [0.3, 0.4) is 0 Å². The summed E-state index contributed by atoms with van der Waals surface area (Å²) in [6.07, 6.45) is 2.02. The van der Waals surface area contributed by atoms with Gasteiger partial charge in [0.25, 0.3) is 0 Å². The molecule has 0 radical (unpaired) electrons. The van der Waals surface area contributed by atoms with E-state index in [2.05, 4.69) is 4.90 Å². The van der Waals surface area contributed by atoms with Crippen LogP contribution in [0.4, 0.5) is 0 Å². The van der Waals surface area contributed by atoms with E-state index in [9.17, 15) is 5.11 Å². The Kier molecular flexibility index (Phi) is 2.98. The fraction of sp³-hybridized carbons (Fsp3) is 0.667. The quantitative estimate of drug-likeness (QED) is 0.851. The number of ether oxygens (including phenoxy) is 1. The van der Waals surface area contributed by atoms with Crippen molar-refractivity contribution >= 4 is 11.3 Å². The zero-order valence-electron chi connectivity index (χ0n) is 9.21. The van der Waals surface area contributed by atoms with Gasteiger partial charge in [-0.1, -0.05) is 6.07 Å². The molecule has 0 bridgehead atoms. The number of fused-ring (bicyclic) bond motifs is 1. The van der Waals surface area contributed by atoms with Crippen molar-refractivity contribution in [2.45, 2.75) is 31.1 Å². The molecule has 1 N–H and O–H groups in total. The van der Waals surface area contributed by atoms with E-state index in [4.69, 9.17) is 4.74 Å². The SMILES string of the molecule is OC(c1cccs1)C1CN2CCCC2CO1. The molecule has 3 heterocycles. The fourth-order valence-electron chi connectivity index (χ4n) is 2.68. The summed E-state index contributed by atoms with van der Waals surface area (Å²) in [7, 11) is 0. The third-order valence-electron chi connectivity index (χ3n) is 3.60.